The maximum Gasteiger partial charge on any atom is 0.0332 e. The van der Waals surface area contributed by atoms with Gasteiger partial charge in [0.25, 0.3) is 0 Å². The van der Waals surface area contributed by atoms with Crippen molar-refractivity contribution in [1.29, 1.82) is 0 Å². The molecule has 3 fully saturated rings. The zero-order chi connectivity index (χ0) is 13.8. The fourth-order valence-corrected chi connectivity index (χ4v) is 4.85. The molecule has 0 spiro atoms. The molecule has 2 N–H and O–H groups in total. The second kappa shape index (κ2) is 6.76. The molecule has 3 heteroatoms. The van der Waals surface area contributed by atoms with E-state index in [2.05, 4.69) is 9.80 Å². The third kappa shape index (κ3) is 3.05. The monoisotopic (exact) mass is 279 g/mol. The van der Waals surface area contributed by atoms with Crippen molar-refractivity contribution in [2.45, 2.75) is 75.8 Å². The van der Waals surface area contributed by atoms with Gasteiger partial charge in [-0.05, 0) is 45.2 Å². The van der Waals surface area contributed by atoms with Gasteiger partial charge < -0.3 is 5.73 Å². The second-order valence-electron chi connectivity index (χ2n) is 7.33. The average molecular weight is 279 g/mol. The minimum absolute atomic E-state index is 0.332. The highest BCUT2D eigenvalue weighted by molar-refractivity contribution is 4.97. The largest absolute Gasteiger partial charge is 0.329 e. The van der Waals surface area contributed by atoms with Gasteiger partial charge in [-0.2, -0.15) is 0 Å². The summed E-state index contributed by atoms with van der Waals surface area (Å²) in [4.78, 5) is 5.57. The molecule has 1 atom stereocenters. The Morgan fingerprint density at radius 2 is 1.55 bits per heavy atom. The highest BCUT2D eigenvalue weighted by Gasteiger charge is 2.39. The standard InChI is InChI=1S/C17H33N3/c18-15-17(9-4-2-1-3-5-10-17)20-13-7-12-19-11-6-8-16(19)14-20/h16H,1-15,18H2. The minimum Gasteiger partial charge on any atom is -0.329 e. The van der Waals surface area contributed by atoms with Gasteiger partial charge >= 0.3 is 0 Å². The van der Waals surface area contributed by atoms with Crippen LogP contribution in [0.4, 0.5) is 0 Å². The van der Waals surface area contributed by atoms with Crippen molar-refractivity contribution in [2.75, 3.05) is 32.7 Å². The van der Waals surface area contributed by atoms with E-state index < -0.39 is 0 Å². The average Bonchev–Trinajstić information content (AvgIpc) is 2.77. The van der Waals surface area contributed by atoms with Crippen LogP contribution >= 0.6 is 0 Å². The summed E-state index contributed by atoms with van der Waals surface area (Å²) >= 11 is 0. The lowest BCUT2D eigenvalue weighted by Crippen LogP contribution is -2.56. The van der Waals surface area contributed by atoms with E-state index in [-0.39, 0.29) is 0 Å². The van der Waals surface area contributed by atoms with E-state index in [1.165, 1.54) is 90.4 Å². The number of nitrogens with zero attached hydrogens (tertiary/aromatic N) is 2. The minimum atomic E-state index is 0.332. The second-order valence-corrected chi connectivity index (χ2v) is 7.33. The first kappa shape index (κ1) is 14.8. The van der Waals surface area contributed by atoms with Gasteiger partial charge in [0, 0.05) is 31.2 Å². The van der Waals surface area contributed by atoms with E-state index in [0.717, 1.165) is 12.6 Å². The van der Waals surface area contributed by atoms with E-state index in [0.29, 0.717) is 5.54 Å². The van der Waals surface area contributed by atoms with Crippen LogP contribution in [0.25, 0.3) is 0 Å². The molecule has 0 aromatic carbocycles. The third-order valence-corrected chi connectivity index (χ3v) is 6.14. The van der Waals surface area contributed by atoms with Gasteiger partial charge in [-0.1, -0.05) is 32.1 Å². The Kier molecular flexibility index (Phi) is 5.00. The van der Waals surface area contributed by atoms with Crippen molar-refractivity contribution < 1.29 is 0 Å². The molecular formula is C17H33N3. The number of fused-ring (bicyclic) bond motifs is 1. The van der Waals surface area contributed by atoms with Crippen molar-refractivity contribution in [3.8, 4) is 0 Å². The summed E-state index contributed by atoms with van der Waals surface area (Å²) in [6, 6.07) is 0.825. The van der Waals surface area contributed by atoms with Gasteiger partial charge in [-0.15, -0.1) is 0 Å². The highest BCUT2D eigenvalue weighted by Crippen LogP contribution is 2.34. The Morgan fingerprint density at radius 1 is 0.850 bits per heavy atom. The Labute approximate surface area is 124 Å². The van der Waals surface area contributed by atoms with Crippen LogP contribution < -0.4 is 5.73 Å². The lowest BCUT2D eigenvalue weighted by atomic mass is 9.82. The van der Waals surface area contributed by atoms with Crippen LogP contribution in [0, 0.1) is 0 Å². The Balaban J connectivity index is 1.72. The first-order valence-electron chi connectivity index (χ1n) is 9.03. The number of rotatable bonds is 2. The van der Waals surface area contributed by atoms with Crippen LogP contribution in [0.5, 0.6) is 0 Å². The van der Waals surface area contributed by atoms with Crippen molar-refractivity contribution >= 4 is 0 Å². The molecular weight excluding hydrogens is 246 g/mol. The normalized spacial score (nSPS) is 33.1. The Bertz CT molecular complexity index is 297. The number of hydrogen-bond acceptors (Lipinski definition) is 3. The summed E-state index contributed by atoms with van der Waals surface area (Å²) < 4.78 is 0. The first-order valence-corrected chi connectivity index (χ1v) is 9.03. The number of nitrogens with two attached hydrogens (primary N) is 1. The smallest absolute Gasteiger partial charge is 0.0332 e. The molecule has 1 saturated carbocycles. The molecule has 0 aromatic heterocycles. The molecule has 2 aliphatic heterocycles. The Hall–Kier alpha value is -0.120. The zero-order valence-corrected chi connectivity index (χ0v) is 13.2. The molecule has 20 heavy (non-hydrogen) atoms. The van der Waals surface area contributed by atoms with Crippen molar-refractivity contribution in [3.63, 3.8) is 0 Å². The summed E-state index contributed by atoms with van der Waals surface area (Å²) in [7, 11) is 0. The molecule has 2 heterocycles. The molecule has 1 aliphatic carbocycles. The van der Waals surface area contributed by atoms with Crippen molar-refractivity contribution in [3.05, 3.63) is 0 Å². The summed E-state index contributed by atoms with van der Waals surface area (Å²) in [5.41, 5.74) is 6.65. The van der Waals surface area contributed by atoms with E-state index >= 15 is 0 Å². The molecule has 2 saturated heterocycles. The quantitative estimate of drug-likeness (QED) is 0.843. The fraction of sp³-hybridized carbons (Fsp3) is 1.00. The summed E-state index contributed by atoms with van der Waals surface area (Å²) in [5.74, 6) is 0. The first-order chi connectivity index (χ1) is 9.84. The van der Waals surface area contributed by atoms with E-state index in [1.54, 1.807) is 0 Å². The predicted molar refractivity (Wildman–Crippen MR) is 84.9 cm³/mol. The molecule has 116 valence electrons. The van der Waals surface area contributed by atoms with Crippen LogP contribution in [-0.4, -0.2) is 54.1 Å². The predicted octanol–water partition coefficient (Wildman–Crippen LogP) is 2.60. The van der Waals surface area contributed by atoms with E-state index in [9.17, 15) is 0 Å². The van der Waals surface area contributed by atoms with E-state index in [4.69, 9.17) is 5.73 Å². The van der Waals surface area contributed by atoms with Gasteiger partial charge in [0.05, 0.1) is 0 Å². The molecule has 1 unspecified atom stereocenters. The van der Waals surface area contributed by atoms with Crippen molar-refractivity contribution in [1.82, 2.24) is 9.80 Å². The van der Waals surface area contributed by atoms with Gasteiger partial charge in [-0.25, -0.2) is 0 Å². The molecule has 3 rings (SSSR count). The summed E-state index contributed by atoms with van der Waals surface area (Å²) in [5, 5.41) is 0. The summed E-state index contributed by atoms with van der Waals surface area (Å²) in [6.45, 7) is 6.11. The highest BCUT2D eigenvalue weighted by atomic mass is 15.3. The zero-order valence-electron chi connectivity index (χ0n) is 13.2. The third-order valence-electron chi connectivity index (χ3n) is 6.14. The topological polar surface area (TPSA) is 32.5 Å². The van der Waals surface area contributed by atoms with Gasteiger partial charge in [0.15, 0.2) is 0 Å². The molecule has 3 aliphatic rings. The van der Waals surface area contributed by atoms with Gasteiger partial charge in [0.2, 0.25) is 0 Å². The molecule has 3 nitrogen and oxygen atoms in total. The fourth-order valence-electron chi connectivity index (χ4n) is 4.85. The number of hydrogen-bond donors (Lipinski definition) is 1. The van der Waals surface area contributed by atoms with Crippen LogP contribution in [0.15, 0.2) is 0 Å². The summed E-state index contributed by atoms with van der Waals surface area (Å²) in [6.07, 6.45) is 13.9. The van der Waals surface area contributed by atoms with Gasteiger partial charge in [-0.3, -0.25) is 9.80 Å². The van der Waals surface area contributed by atoms with Crippen molar-refractivity contribution in [2.24, 2.45) is 5.73 Å². The van der Waals surface area contributed by atoms with Crippen LogP contribution in [0.1, 0.15) is 64.2 Å². The SMILES string of the molecule is NCC1(N2CCCN3CCCC3C2)CCCCCCC1. The molecule has 0 amide bonds. The van der Waals surface area contributed by atoms with Crippen LogP contribution in [0.2, 0.25) is 0 Å². The van der Waals surface area contributed by atoms with E-state index in [1.807, 2.05) is 0 Å². The maximum atomic E-state index is 6.32. The van der Waals surface area contributed by atoms with Gasteiger partial charge in [0.1, 0.15) is 0 Å². The lowest BCUT2D eigenvalue weighted by Gasteiger charge is -2.45. The molecule has 0 radical (unpaired) electrons. The van der Waals surface area contributed by atoms with Crippen LogP contribution in [0.3, 0.4) is 0 Å². The molecule has 0 bridgehead atoms. The maximum absolute atomic E-state index is 6.32. The molecule has 0 aromatic rings. The lowest BCUT2D eigenvalue weighted by molar-refractivity contribution is 0.0597. The Morgan fingerprint density at radius 3 is 2.30 bits per heavy atom. The van der Waals surface area contributed by atoms with Crippen LogP contribution in [-0.2, 0) is 0 Å².